The molecule has 0 heterocycles. The fraction of sp³-hybridized carbons (Fsp3) is 0.200. The molecule has 1 atom stereocenters. The molecule has 94 valence electrons. The summed E-state index contributed by atoms with van der Waals surface area (Å²) >= 11 is 6.24. The van der Waals surface area contributed by atoms with Crippen molar-refractivity contribution in [1.29, 1.82) is 0 Å². The van der Waals surface area contributed by atoms with E-state index in [1.807, 2.05) is 55.6 Å². The smallest absolute Gasteiger partial charge is 0.118 e. The molecule has 0 saturated carbocycles. The third-order valence-corrected chi connectivity index (χ3v) is 3.30. The summed E-state index contributed by atoms with van der Waals surface area (Å²) < 4.78 is 5.17. The molecule has 0 aliphatic rings. The molecule has 0 spiro atoms. The van der Waals surface area contributed by atoms with Crippen molar-refractivity contribution in [3.05, 3.63) is 64.7 Å². The predicted octanol–water partition coefficient (Wildman–Crippen LogP) is 3.66. The molecule has 0 bridgehead atoms. The number of methoxy groups -OCH3 is 1. The molecule has 0 aliphatic heterocycles. The molecule has 2 aromatic carbocycles. The maximum Gasteiger partial charge on any atom is 0.118 e. The molecule has 1 N–H and O–H groups in total. The van der Waals surface area contributed by atoms with Crippen molar-refractivity contribution in [2.75, 3.05) is 14.2 Å². The summed E-state index contributed by atoms with van der Waals surface area (Å²) in [5.41, 5.74) is 2.23. The molecule has 18 heavy (non-hydrogen) atoms. The zero-order valence-electron chi connectivity index (χ0n) is 10.5. The monoisotopic (exact) mass is 261 g/mol. The van der Waals surface area contributed by atoms with E-state index >= 15 is 0 Å². The fourth-order valence-corrected chi connectivity index (χ4v) is 2.25. The van der Waals surface area contributed by atoms with E-state index in [0.29, 0.717) is 0 Å². The highest BCUT2D eigenvalue weighted by molar-refractivity contribution is 6.31. The van der Waals surface area contributed by atoms with Crippen LogP contribution in [0.25, 0.3) is 0 Å². The maximum absolute atomic E-state index is 6.24. The molecular weight excluding hydrogens is 246 g/mol. The van der Waals surface area contributed by atoms with Crippen molar-refractivity contribution in [2.24, 2.45) is 0 Å². The number of halogens is 1. The van der Waals surface area contributed by atoms with Crippen LogP contribution in [-0.4, -0.2) is 14.2 Å². The molecule has 2 aromatic rings. The van der Waals surface area contributed by atoms with E-state index in [0.717, 1.165) is 21.9 Å². The quantitative estimate of drug-likeness (QED) is 0.907. The lowest BCUT2D eigenvalue weighted by Crippen LogP contribution is -2.17. The van der Waals surface area contributed by atoms with Gasteiger partial charge < -0.3 is 10.1 Å². The Labute approximate surface area is 113 Å². The van der Waals surface area contributed by atoms with Crippen LogP contribution in [0.1, 0.15) is 17.2 Å². The van der Waals surface area contributed by atoms with E-state index in [1.165, 1.54) is 0 Å². The Bertz CT molecular complexity index is 510. The van der Waals surface area contributed by atoms with Gasteiger partial charge in [-0.05, 0) is 36.4 Å². The first-order chi connectivity index (χ1) is 8.76. The standard InChI is InChI=1S/C15H16ClNO/c1-17-15(13-5-3-4-6-14(13)16)11-7-9-12(18-2)10-8-11/h3-10,15,17H,1-2H3. The van der Waals surface area contributed by atoms with Crippen LogP contribution in [-0.2, 0) is 0 Å². The van der Waals surface area contributed by atoms with Gasteiger partial charge in [0.15, 0.2) is 0 Å². The minimum absolute atomic E-state index is 0.0876. The van der Waals surface area contributed by atoms with Crippen LogP contribution in [0.5, 0.6) is 5.75 Å². The lowest BCUT2D eigenvalue weighted by Gasteiger charge is -2.18. The van der Waals surface area contributed by atoms with Crippen molar-refractivity contribution < 1.29 is 4.74 Å². The SMILES string of the molecule is CNC(c1ccc(OC)cc1)c1ccccc1Cl. The predicted molar refractivity (Wildman–Crippen MR) is 75.3 cm³/mol. The zero-order chi connectivity index (χ0) is 13.0. The van der Waals surface area contributed by atoms with Crippen LogP contribution in [0, 0.1) is 0 Å². The summed E-state index contributed by atoms with van der Waals surface area (Å²) in [6, 6.07) is 16.0. The lowest BCUT2D eigenvalue weighted by molar-refractivity contribution is 0.414. The Morgan fingerprint density at radius 3 is 2.28 bits per heavy atom. The van der Waals surface area contributed by atoms with E-state index < -0.39 is 0 Å². The average molecular weight is 262 g/mol. The first kappa shape index (κ1) is 12.9. The van der Waals surface area contributed by atoms with Gasteiger partial charge in [0.05, 0.1) is 13.2 Å². The molecule has 0 radical (unpaired) electrons. The van der Waals surface area contributed by atoms with E-state index in [9.17, 15) is 0 Å². The zero-order valence-corrected chi connectivity index (χ0v) is 11.2. The van der Waals surface area contributed by atoms with Crippen LogP contribution >= 0.6 is 11.6 Å². The van der Waals surface area contributed by atoms with Gasteiger partial charge in [-0.1, -0.05) is 41.9 Å². The second-order valence-electron chi connectivity index (χ2n) is 4.02. The van der Waals surface area contributed by atoms with Crippen LogP contribution in [0.15, 0.2) is 48.5 Å². The van der Waals surface area contributed by atoms with Crippen LogP contribution < -0.4 is 10.1 Å². The van der Waals surface area contributed by atoms with Gasteiger partial charge in [-0.15, -0.1) is 0 Å². The highest BCUT2D eigenvalue weighted by atomic mass is 35.5. The number of ether oxygens (including phenoxy) is 1. The summed E-state index contributed by atoms with van der Waals surface area (Å²) in [5.74, 6) is 0.854. The van der Waals surface area contributed by atoms with Gasteiger partial charge >= 0.3 is 0 Å². The molecule has 2 nitrogen and oxygen atoms in total. The summed E-state index contributed by atoms with van der Waals surface area (Å²) in [4.78, 5) is 0. The van der Waals surface area contributed by atoms with Crippen molar-refractivity contribution in [3.63, 3.8) is 0 Å². The molecule has 1 unspecified atom stereocenters. The summed E-state index contributed by atoms with van der Waals surface area (Å²) in [6.07, 6.45) is 0. The van der Waals surface area contributed by atoms with Gasteiger partial charge in [0.1, 0.15) is 5.75 Å². The number of benzene rings is 2. The van der Waals surface area contributed by atoms with Crippen LogP contribution in [0.3, 0.4) is 0 Å². The Hall–Kier alpha value is -1.51. The first-order valence-corrected chi connectivity index (χ1v) is 6.19. The topological polar surface area (TPSA) is 21.3 Å². The molecular formula is C15H16ClNO. The average Bonchev–Trinajstić information content (AvgIpc) is 2.42. The molecule has 0 amide bonds. The third-order valence-electron chi connectivity index (χ3n) is 2.95. The molecule has 0 aromatic heterocycles. The van der Waals surface area contributed by atoms with Crippen molar-refractivity contribution in [3.8, 4) is 5.75 Å². The fourth-order valence-electron chi connectivity index (χ4n) is 2.01. The van der Waals surface area contributed by atoms with Gasteiger partial charge in [0, 0.05) is 5.02 Å². The van der Waals surface area contributed by atoms with E-state index in [4.69, 9.17) is 16.3 Å². The van der Waals surface area contributed by atoms with Crippen molar-refractivity contribution >= 4 is 11.6 Å². The number of hydrogen-bond donors (Lipinski definition) is 1. The highest BCUT2D eigenvalue weighted by Gasteiger charge is 2.14. The molecule has 0 aliphatic carbocycles. The first-order valence-electron chi connectivity index (χ1n) is 5.82. The Kier molecular flexibility index (Phi) is 4.24. The van der Waals surface area contributed by atoms with Crippen LogP contribution in [0.2, 0.25) is 5.02 Å². The Morgan fingerprint density at radius 2 is 1.72 bits per heavy atom. The molecule has 2 rings (SSSR count). The second-order valence-corrected chi connectivity index (χ2v) is 4.42. The third kappa shape index (κ3) is 2.66. The van der Waals surface area contributed by atoms with Gasteiger partial charge in [-0.2, -0.15) is 0 Å². The van der Waals surface area contributed by atoms with Crippen molar-refractivity contribution in [1.82, 2.24) is 5.32 Å². The van der Waals surface area contributed by atoms with E-state index in [1.54, 1.807) is 7.11 Å². The second kappa shape index (κ2) is 5.89. The minimum Gasteiger partial charge on any atom is -0.497 e. The van der Waals surface area contributed by atoms with Gasteiger partial charge in [0.25, 0.3) is 0 Å². The lowest BCUT2D eigenvalue weighted by atomic mass is 9.99. The summed E-state index contributed by atoms with van der Waals surface area (Å²) in [5, 5.41) is 4.06. The Morgan fingerprint density at radius 1 is 1.06 bits per heavy atom. The van der Waals surface area contributed by atoms with Gasteiger partial charge in [0.2, 0.25) is 0 Å². The van der Waals surface area contributed by atoms with E-state index in [-0.39, 0.29) is 6.04 Å². The number of nitrogens with one attached hydrogen (secondary N) is 1. The number of hydrogen-bond acceptors (Lipinski definition) is 2. The number of rotatable bonds is 4. The molecule has 0 saturated heterocycles. The maximum atomic E-state index is 6.24. The van der Waals surface area contributed by atoms with E-state index in [2.05, 4.69) is 5.32 Å². The normalized spacial score (nSPS) is 12.2. The Balaban J connectivity index is 2.36. The molecule has 3 heteroatoms. The van der Waals surface area contributed by atoms with Gasteiger partial charge in [-0.25, -0.2) is 0 Å². The largest absolute Gasteiger partial charge is 0.497 e. The van der Waals surface area contributed by atoms with Crippen LogP contribution in [0.4, 0.5) is 0 Å². The molecule has 0 fully saturated rings. The summed E-state index contributed by atoms with van der Waals surface area (Å²) in [7, 11) is 3.59. The van der Waals surface area contributed by atoms with Crippen molar-refractivity contribution in [2.45, 2.75) is 6.04 Å². The summed E-state index contributed by atoms with van der Waals surface area (Å²) in [6.45, 7) is 0. The highest BCUT2D eigenvalue weighted by Crippen LogP contribution is 2.28. The van der Waals surface area contributed by atoms with Gasteiger partial charge in [-0.3, -0.25) is 0 Å². The minimum atomic E-state index is 0.0876.